The number of benzene rings is 3. The number of amides is 1. The fourth-order valence-corrected chi connectivity index (χ4v) is 6.18. The standard InChI is InChI=1S/C38H41N3O2/c1-2-3-4-8-29-12-18-32(19-13-29)38(42)41(27-30-14-16-31(17-15-30)34-10-7-22-39-26-34)35-20-23-40(24-21-35)28-36-25-33-9-5-6-11-37(33)43-36/h5-7,9-19,22,25-26,35H,2-4,8,20-21,23-24,27-28H2,1H3. The number of fused-ring (bicyclic) bond motifs is 1. The molecule has 6 rings (SSSR count). The number of unbranched alkanes of at least 4 members (excludes halogenated alkanes) is 2. The van der Waals surface area contributed by atoms with E-state index in [1.54, 1.807) is 6.20 Å². The second kappa shape index (κ2) is 13.8. The van der Waals surface area contributed by atoms with E-state index in [1.165, 1.54) is 24.8 Å². The molecule has 43 heavy (non-hydrogen) atoms. The maximum absolute atomic E-state index is 14.1. The highest BCUT2D eigenvalue weighted by Crippen LogP contribution is 2.26. The summed E-state index contributed by atoms with van der Waals surface area (Å²) in [4.78, 5) is 22.9. The van der Waals surface area contributed by atoms with Gasteiger partial charge in [-0.1, -0.05) is 80.4 Å². The predicted octanol–water partition coefficient (Wildman–Crippen LogP) is 8.53. The summed E-state index contributed by atoms with van der Waals surface area (Å²) in [5.74, 6) is 1.12. The van der Waals surface area contributed by atoms with E-state index in [9.17, 15) is 4.79 Å². The minimum atomic E-state index is 0.118. The van der Waals surface area contributed by atoms with Gasteiger partial charge in [-0.25, -0.2) is 0 Å². The van der Waals surface area contributed by atoms with Crippen LogP contribution in [0.25, 0.3) is 22.1 Å². The summed E-state index contributed by atoms with van der Waals surface area (Å²) in [5, 5.41) is 1.15. The van der Waals surface area contributed by atoms with Gasteiger partial charge in [0.1, 0.15) is 11.3 Å². The van der Waals surface area contributed by atoms with Gasteiger partial charge in [0.2, 0.25) is 0 Å². The summed E-state index contributed by atoms with van der Waals surface area (Å²) in [6.45, 7) is 5.49. The third kappa shape index (κ3) is 7.23. The molecule has 1 aliphatic rings. The van der Waals surface area contributed by atoms with Gasteiger partial charge in [-0.05, 0) is 78.3 Å². The van der Waals surface area contributed by atoms with Crippen molar-refractivity contribution in [2.24, 2.45) is 0 Å². The number of furan rings is 1. The van der Waals surface area contributed by atoms with Gasteiger partial charge < -0.3 is 9.32 Å². The fourth-order valence-electron chi connectivity index (χ4n) is 6.18. The van der Waals surface area contributed by atoms with Crippen molar-refractivity contribution in [3.8, 4) is 11.1 Å². The maximum Gasteiger partial charge on any atom is 0.254 e. The van der Waals surface area contributed by atoms with E-state index in [0.29, 0.717) is 6.54 Å². The molecule has 220 valence electrons. The number of carbonyl (C=O) groups excluding carboxylic acids is 1. The van der Waals surface area contributed by atoms with Gasteiger partial charge in [0.05, 0.1) is 6.54 Å². The summed E-state index contributed by atoms with van der Waals surface area (Å²) in [5.41, 5.74) is 6.39. The molecule has 0 spiro atoms. The van der Waals surface area contributed by atoms with Crippen LogP contribution in [-0.4, -0.2) is 39.8 Å². The molecule has 0 radical (unpaired) electrons. The van der Waals surface area contributed by atoms with Gasteiger partial charge in [0.25, 0.3) is 5.91 Å². The molecular formula is C38H41N3O2. The molecule has 5 aromatic rings. The molecule has 0 bridgehead atoms. The van der Waals surface area contributed by atoms with Crippen LogP contribution in [0, 0.1) is 0 Å². The van der Waals surface area contributed by atoms with Crippen LogP contribution in [-0.2, 0) is 19.5 Å². The summed E-state index contributed by atoms with van der Waals surface area (Å²) in [6, 6.07) is 31.4. The van der Waals surface area contributed by atoms with Crippen LogP contribution >= 0.6 is 0 Å². The molecule has 1 aliphatic heterocycles. The molecule has 1 amide bonds. The highest BCUT2D eigenvalue weighted by atomic mass is 16.3. The molecule has 0 aliphatic carbocycles. The molecule has 1 saturated heterocycles. The lowest BCUT2D eigenvalue weighted by atomic mass is 9.99. The third-order valence-corrected chi connectivity index (χ3v) is 8.69. The Bertz CT molecular complexity index is 1570. The summed E-state index contributed by atoms with van der Waals surface area (Å²) < 4.78 is 6.09. The minimum Gasteiger partial charge on any atom is -0.460 e. The molecule has 3 aromatic carbocycles. The number of para-hydroxylation sites is 1. The number of hydrogen-bond acceptors (Lipinski definition) is 4. The van der Waals surface area contributed by atoms with Crippen molar-refractivity contribution in [2.75, 3.05) is 13.1 Å². The van der Waals surface area contributed by atoms with Crippen LogP contribution in [0.3, 0.4) is 0 Å². The van der Waals surface area contributed by atoms with E-state index in [2.05, 4.69) is 76.3 Å². The molecule has 0 N–H and O–H groups in total. The SMILES string of the molecule is CCCCCc1ccc(C(=O)N(Cc2ccc(-c3cccnc3)cc2)C2CCN(Cc3cc4ccccc4o3)CC2)cc1. The summed E-state index contributed by atoms with van der Waals surface area (Å²) >= 11 is 0. The van der Waals surface area contributed by atoms with E-state index in [-0.39, 0.29) is 11.9 Å². The maximum atomic E-state index is 14.1. The molecule has 0 unspecified atom stereocenters. The first kappa shape index (κ1) is 28.9. The lowest BCUT2D eigenvalue weighted by Gasteiger charge is -2.38. The number of rotatable bonds is 11. The van der Waals surface area contributed by atoms with Crippen molar-refractivity contribution >= 4 is 16.9 Å². The third-order valence-electron chi connectivity index (χ3n) is 8.69. The van der Waals surface area contributed by atoms with Crippen molar-refractivity contribution in [3.05, 3.63) is 126 Å². The van der Waals surface area contributed by atoms with E-state index in [0.717, 1.165) is 77.9 Å². The normalized spacial score (nSPS) is 14.3. The Morgan fingerprint density at radius 2 is 1.65 bits per heavy atom. The van der Waals surface area contributed by atoms with E-state index >= 15 is 0 Å². The number of pyridine rings is 1. The smallest absolute Gasteiger partial charge is 0.254 e. The minimum absolute atomic E-state index is 0.118. The lowest BCUT2D eigenvalue weighted by molar-refractivity contribution is 0.0536. The molecule has 0 atom stereocenters. The van der Waals surface area contributed by atoms with Crippen LogP contribution in [0.15, 0.2) is 108 Å². The van der Waals surface area contributed by atoms with E-state index < -0.39 is 0 Å². The number of aryl methyl sites for hydroxylation is 1. The second-order valence-corrected chi connectivity index (χ2v) is 11.8. The average Bonchev–Trinajstić information content (AvgIpc) is 3.47. The van der Waals surface area contributed by atoms with Crippen LogP contribution in [0.5, 0.6) is 0 Å². The predicted molar refractivity (Wildman–Crippen MR) is 174 cm³/mol. The van der Waals surface area contributed by atoms with Crippen molar-refractivity contribution < 1.29 is 9.21 Å². The Balaban J connectivity index is 1.16. The first-order valence-electron chi connectivity index (χ1n) is 15.8. The zero-order valence-electron chi connectivity index (χ0n) is 25.1. The first-order valence-corrected chi connectivity index (χ1v) is 15.8. The fraction of sp³-hybridized carbons (Fsp3) is 0.316. The van der Waals surface area contributed by atoms with Crippen molar-refractivity contribution in [2.45, 2.75) is 64.6 Å². The summed E-state index contributed by atoms with van der Waals surface area (Å²) in [6.07, 6.45) is 10.3. The van der Waals surface area contributed by atoms with Crippen LogP contribution in [0.1, 0.15) is 66.3 Å². The van der Waals surface area contributed by atoms with Gasteiger partial charge in [0, 0.05) is 49.0 Å². The van der Waals surface area contributed by atoms with Gasteiger partial charge in [-0.2, -0.15) is 0 Å². The van der Waals surface area contributed by atoms with Gasteiger partial charge in [0.15, 0.2) is 0 Å². The van der Waals surface area contributed by atoms with Crippen LogP contribution in [0.2, 0.25) is 0 Å². The van der Waals surface area contributed by atoms with Gasteiger partial charge in [-0.15, -0.1) is 0 Å². The molecular weight excluding hydrogens is 530 g/mol. The van der Waals surface area contributed by atoms with E-state index in [4.69, 9.17) is 4.42 Å². The molecule has 5 heteroatoms. The number of piperidine rings is 1. The Labute approximate surface area is 255 Å². The Morgan fingerprint density at radius 1 is 0.884 bits per heavy atom. The Kier molecular flexibility index (Phi) is 9.29. The lowest BCUT2D eigenvalue weighted by Crippen LogP contribution is -2.46. The zero-order chi connectivity index (χ0) is 29.4. The number of likely N-dealkylation sites (tertiary alicyclic amines) is 1. The van der Waals surface area contributed by atoms with Crippen molar-refractivity contribution in [1.29, 1.82) is 0 Å². The van der Waals surface area contributed by atoms with Gasteiger partial charge in [-0.3, -0.25) is 14.7 Å². The van der Waals surface area contributed by atoms with Crippen molar-refractivity contribution in [1.82, 2.24) is 14.8 Å². The first-order chi connectivity index (χ1) is 21.2. The quantitative estimate of drug-likeness (QED) is 0.149. The van der Waals surface area contributed by atoms with Crippen molar-refractivity contribution in [3.63, 3.8) is 0 Å². The zero-order valence-corrected chi connectivity index (χ0v) is 25.1. The molecule has 5 nitrogen and oxygen atoms in total. The molecule has 3 heterocycles. The second-order valence-electron chi connectivity index (χ2n) is 11.8. The average molecular weight is 572 g/mol. The number of hydrogen-bond donors (Lipinski definition) is 0. The molecule has 0 saturated carbocycles. The highest BCUT2D eigenvalue weighted by Gasteiger charge is 2.29. The molecule has 1 fully saturated rings. The Hall–Kier alpha value is -4.22. The number of carbonyl (C=O) groups is 1. The van der Waals surface area contributed by atoms with Gasteiger partial charge >= 0.3 is 0 Å². The topological polar surface area (TPSA) is 49.6 Å². The monoisotopic (exact) mass is 571 g/mol. The number of aromatic nitrogens is 1. The van der Waals surface area contributed by atoms with Crippen LogP contribution < -0.4 is 0 Å². The summed E-state index contributed by atoms with van der Waals surface area (Å²) in [7, 11) is 0. The van der Waals surface area contributed by atoms with E-state index in [1.807, 2.05) is 42.6 Å². The Morgan fingerprint density at radius 3 is 2.37 bits per heavy atom. The molecule has 2 aromatic heterocycles. The largest absolute Gasteiger partial charge is 0.460 e. The number of nitrogens with zero attached hydrogens (tertiary/aromatic N) is 3. The van der Waals surface area contributed by atoms with Crippen LogP contribution in [0.4, 0.5) is 0 Å². The highest BCUT2D eigenvalue weighted by molar-refractivity contribution is 5.94.